The van der Waals surface area contributed by atoms with Gasteiger partial charge in [0.1, 0.15) is 17.4 Å². The molecule has 42 heavy (non-hydrogen) atoms. The Morgan fingerprint density at radius 1 is 1.07 bits per heavy atom. The highest BCUT2D eigenvalue weighted by atomic mass is 35.5. The van der Waals surface area contributed by atoms with Gasteiger partial charge in [0.25, 0.3) is 0 Å². The lowest BCUT2D eigenvalue weighted by molar-refractivity contribution is -0.141. The molecule has 2 saturated heterocycles. The number of halogens is 1. The zero-order chi connectivity index (χ0) is 29.4. The van der Waals surface area contributed by atoms with E-state index in [0.717, 1.165) is 31.2 Å². The Bertz CT molecular complexity index is 1360. The van der Waals surface area contributed by atoms with Gasteiger partial charge in [-0.2, -0.15) is 0 Å². The molecule has 2 aromatic carbocycles. The predicted octanol–water partition coefficient (Wildman–Crippen LogP) is 4.77. The van der Waals surface area contributed by atoms with Crippen molar-refractivity contribution in [2.24, 2.45) is 17.8 Å². The Hall–Kier alpha value is -3.36. The van der Waals surface area contributed by atoms with Gasteiger partial charge in [-0.25, -0.2) is 0 Å². The standard InChI is InChI=1S/C33H38ClN3O5/c1-3-41-24-14-12-23(13-15-24)35-30(38)27-26-16-18-33(42-26)28(27)32(40)37(19-17-21-8-10-22(34)11-9-21)29(33)31(39)36-25-7-5-4-6-20(25)2/h8-16,18,20,25-29H,3-7,17,19H2,1-2H3,(H,35,38)(H,36,39)/t20-,25+,26-,27+,28-,29-,33-/m1/s1. The highest BCUT2D eigenvalue weighted by Crippen LogP contribution is 2.55. The van der Waals surface area contributed by atoms with E-state index >= 15 is 0 Å². The highest BCUT2D eigenvalue weighted by Gasteiger charge is 2.72. The number of amides is 3. The van der Waals surface area contributed by atoms with Crippen LogP contribution < -0.4 is 15.4 Å². The Labute approximate surface area is 251 Å². The van der Waals surface area contributed by atoms with Crippen molar-refractivity contribution < 1.29 is 23.9 Å². The van der Waals surface area contributed by atoms with E-state index in [1.54, 1.807) is 29.2 Å². The van der Waals surface area contributed by atoms with Gasteiger partial charge in [-0.1, -0.05) is 55.7 Å². The Balaban J connectivity index is 1.27. The van der Waals surface area contributed by atoms with Crippen LogP contribution in [-0.2, 0) is 25.5 Å². The van der Waals surface area contributed by atoms with Crippen molar-refractivity contribution >= 4 is 35.0 Å². The summed E-state index contributed by atoms with van der Waals surface area (Å²) in [4.78, 5) is 43.7. The van der Waals surface area contributed by atoms with Gasteiger partial charge in [-0.05, 0) is 74.1 Å². The van der Waals surface area contributed by atoms with Crippen molar-refractivity contribution in [3.05, 3.63) is 71.3 Å². The number of ether oxygens (including phenoxy) is 2. The fraction of sp³-hybridized carbons (Fsp3) is 0.485. The van der Waals surface area contributed by atoms with Crippen LogP contribution in [-0.4, -0.2) is 59.6 Å². The first kappa shape index (κ1) is 28.7. The van der Waals surface area contributed by atoms with Crippen molar-refractivity contribution in [2.45, 2.75) is 69.7 Å². The lowest BCUT2D eigenvalue weighted by Gasteiger charge is -2.36. The average molecular weight is 592 g/mol. The monoisotopic (exact) mass is 591 g/mol. The third-order valence-electron chi connectivity index (χ3n) is 9.35. The van der Waals surface area contributed by atoms with Crippen molar-refractivity contribution in [3.63, 3.8) is 0 Å². The molecule has 1 saturated carbocycles. The number of anilines is 1. The van der Waals surface area contributed by atoms with Gasteiger partial charge in [0.2, 0.25) is 17.7 Å². The molecule has 3 heterocycles. The number of hydrogen-bond donors (Lipinski definition) is 2. The van der Waals surface area contributed by atoms with Gasteiger partial charge in [-0.3, -0.25) is 14.4 Å². The first-order chi connectivity index (χ1) is 20.3. The van der Waals surface area contributed by atoms with Gasteiger partial charge >= 0.3 is 0 Å². The number of nitrogens with zero attached hydrogens (tertiary/aromatic N) is 1. The maximum Gasteiger partial charge on any atom is 0.246 e. The third kappa shape index (κ3) is 5.20. The summed E-state index contributed by atoms with van der Waals surface area (Å²) in [6, 6.07) is 13.8. The van der Waals surface area contributed by atoms with Crippen LogP contribution in [0.1, 0.15) is 45.1 Å². The molecular weight excluding hydrogens is 554 g/mol. The van der Waals surface area contributed by atoms with E-state index in [4.69, 9.17) is 21.1 Å². The summed E-state index contributed by atoms with van der Waals surface area (Å²) in [7, 11) is 0. The third-order valence-corrected chi connectivity index (χ3v) is 9.60. The van der Waals surface area contributed by atoms with Gasteiger partial charge < -0.3 is 25.0 Å². The zero-order valence-corrected chi connectivity index (χ0v) is 24.8. The summed E-state index contributed by atoms with van der Waals surface area (Å²) in [5.41, 5.74) is 0.423. The van der Waals surface area contributed by atoms with Crippen LogP contribution in [0.2, 0.25) is 5.02 Å². The van der Waals surface area contributed by atoms with Gasteiger partial charge in [0.05, 0.1) is 24.5 Å². The van der Waals surface area contributed by atoms with Crippen molar-refractivity contribution in [2.75, 3.05) is 18.5 Å². The molecule has 2 N–H and O–H groups in total. The Morgan fingerprint density at radius 3 is 2.52 bits per heavy atom. The minimum absolute atomic E-state index is 0.0521. The van der Waals surface area contributed by atoms with Crippen LogP contribution in [0.4, 0.5) is 5.69 Å². The number of likely N-dealkylation sites (tertiary alicyclic amines) is 1. The molecule has 3 aliphatic heterocycles. The van der Waals surface area contributed by atoms with Crippen molar-refractivity contribution in [3.8, 4) is 5.75 Å². The first-order valence-electron chi connectivity index (χ1n) is 15.1. The smallest absolute Gasteiger partial charge is 0.246 e. The molecule has 1 aliphatic carbocycles. The molecule has 9 heteroatoms. The molecule has 3 amide bonds. The molecule has 0 radical (unpaired) electrons. The Morgan fingerprint density at radius 2 is 1.81 bits per heavy atom. The fourth-order valence-corrected chi connectivity index (χ4v) is 7.35. The largest absolute Gasteiger partial charge is 0.494 e. The molecule has 3 fully saturated rings. The Kier molecular flexibility index (Phi) is 8.03. The second-order valence-electron chi connectivity index (χ2n) is 11.9. The summed E-state index contributed by atoms with van der Waals surface area (Å²) in [6.07, 6.45) is 7.88. The van der Waals surface area contributed by atoms with Crippen molar-refractivity contribution in [1.29, 1.82) is 0 Å². The minimum Gasteiger partial charge on any atom is -0.494 e. The lowest BCUT2D eigenvalue weighted by atomic mass is 9.74. The molecule has 8 nitrogen and oxygen atoms in total. The molecule has 7 atom stereocenters. The molecule has 0 aromatic heterocycles. The topological polar surface area (TPSA) is 97.0 Å². The number of hydrogen-bond acceptors (Lipinski definition) is 5. The quantitative estimate of drug-likeness (QED) is 0.410. The maximum absolute atomic E-state index is 14.2. The van der Waals surface area contributed by atoms with Crippen LogP contribution >= 0.6 is 11.6 Å². The molecule has 6 rings (SSSR count). The number of carbonyl (C=O) groups excluding carboxylic acids is 3. The summed E-state index contributed by atoms with van der Waals surface area (Å²) in [6.45, 7) is 4.96. The SMILES string of the molecule is CCOc1ccc(NC(=O)[C@H]2[C@H]3C=C[C@@]4(O3)[C@H]2C(=O)N(CCc2ccc(Cl)cc2)[C@@H]4C(=O)N[C@H]2CCCC[C@H]2C)cc1. The van der Waals surface area contributed by atoms with E-state index < -0.39 is 29.6 Å². The zero-order valence-electron chi connectivity index (χ0n) is 24.1. The molecule has 4 aliphatic rings. The van der Waals surface area contributed by atoms with Crippen LogP contribution in [0.15, 0.2) is 60.7 Å². The molecule has 1 spiro atoms. The van der Waals surface area contributed by atoms with E-state index in [9.17, 15) is 14.4 Å². The second-order valence-corrected chi connectivity index (χ2v) is 12.4. The summed E-state index contributed by atoms with van der Waals surface area (Å²) in [5.74, 6) is -1.20. The van der Waals surface area contributed by atoms with E-state index in [2.05, 4.69) is 17.6 Å². The average Bonchev–Trinajstić information content (AvgIpc) is 3.62. The predicted molar refractivity (Wildman–Crippen MR) is 160 cm³/mol. The number of carbonyl (C=O) groups is 3. The summed E-state index contributed by atoms with van der Waals surface area (Å²) < 4.78 is 12.0. The first-order valence-corrected chi connectivity index (χ1v) is 15.4. The number of fused-ring (bicyclic) bond motifs is 1. The van der Waals surface area contributed by atoms with Crippen LogP contribution in [0.25, 0.3) is 0 Å². The maximum atomic E-state index is 14.2. The van der Waals surface area contributed by atoms with E-state index in [1.165, 1.54) is 0 Å². The van der Waals surface area contributed by atoms with Gasteiger partial charge in [0, 0.05) is 23.3 Å². The number of benzene rings is 2. The molecule has 0 unspecified atom stereocenters. The summed E-state index contributed by atoms with van der Waals surface area (Å²) in [5, 5.41) is 6.89. The number of nitrogens with one attached hydrogen (secondary N) is 2. The molecule has 222 valence electrons. The van der Waals surface area contributed by atoms with Crippen molar-refractivity contribution in [1.82, 2.24) is 10.2 Å². The van der Waals surface area contributed by atoms with E-state index in [0.29, 0.717) is 41.9 Å². The van der Waals surface area contributed by atoms with Crippen LogP contribution in [0.5, 0.6) is 5.75 Å². The second kappa shape index (κ2) is 11.7. The molecular formula is C33H38ClN3O5. The molecule has 2 aromatic rings. The molecule has 2 bridgehead atoms. The van der Waals surface area contributed by atoms with E-state index in [1.807, 2.05) is 43.3 Å². The number of rotatable bonds is 9. The highest BCUT2D eigenvalue weighted by molar-refractivity contribution is 6.30. The van der Waals surface area contributed by atoms with Gasteiger partial charge in [0.15, 0.2) is 0 Å². The lowest BCUT2D eigenvalue weighted by Crippen LogP contribution is -2.57. The minimum atomic E-state index is -1.19. The van der Waals surface area contributed by atoms with Crippen LogP contribution in [0.3, 0.4) is 0 Å². The van der Waals surface area contributed by atoms with Gasteiger partial charge in [-0.15, -0.1) is 0 Å². The fourth-order valence-electron chi connectivity index (χ4n) is 7.23. The van der Waals surface area contributed by atoms with E-state index in [-0.39, 0.29) is 23.8 Å². The van der Waals surface area contributed by atoms with Crippen LogP contribution in [0, 0.1) is 17.8 Å². The normalized spacial score (nSPS) is 31.2. The summed E-state index contributed by atoms with van der Waals surface area (Å²) >= 11 is 6.08.